The van der Waals surface area contributed by atoms with Crippen LogP contribution in [0.4, 0.5) is 24.5 Å². The molecule has 11 heteroatoms. The second-order valence-corrected chi connectivity index (χ2v) is 6.63. The smallest absolute Gasteiger partial charge is 0.322 e. The molecule has 0 radical (unpaired) electrons. The van der Waals surface area contributed by atoms with Gasteiger partial charge in [0, 0.05) is 24.1 Å². The summed E-state index contributed by atoms with van der Waals surface area (Å²) < 4.78 is 39.8. The monoisotopic (exact) mass is 426 g/mol. The Kier molecular flexibility index (Phi) is 4.90. The van der Waals surface area contributed by atoms with Crippen molar-refractivity contribution < 1.29 is 22.8 Å². The van der Waals surface area contributed by atoms with E-state index in [2.05, 4.69) is 15.4 Å². The second kappa shape index (κ2) is 7.56. The van der Waals surface area contributed by atoms with E-state index in [1.807, 2.05) is 6.07 Å². The van der Waals surface area contributed by atoms with Crippen LogP contribution in [0, 0.1) is 11.3 Å². The number of nitriles is 1. The standard InChI is InChI=1S/C20H13F3N6O2/c21-20(22,23)12-1-3-15(4-2-12)28-7-8-29-17(19(28)31)16(11-26-29)18(30)27-13-5-6-25-14(9-13)10-24/h1-6,9,11H,7-8H2,(H,25,27,30). The molecule has 2 amide bonds. The number of anilines is 2. The summed E-state index contributed by atoms with van der Waals surface area (Å²) in [7, 11) is 0. The predicted molar refractivity (Wildman–Crippen MR) is 102 cm³/mol. The lowest BCUT2D eigenvalue weighted by Gasteiger charge is -2.28. The predicted octanol–water partition coefficient (Wildman–Crippen LogP) is 3.08. The first kappa shape index (κ1) is 20.1. The molecule has 31 heavy (non-hydrogen) atoms. The molecule has 3 heterocycles. The summed E-state index contributed by atoms with van der Waals surface area (Å²) in [6, 6.07) is 8.96. The van der Waals surface area contributed by atoms with E-state index in [1.165, 1.54) is 46.2 Å². The lowest BCUT2D eigenvalue weighted by Crippen LogP contribution is -2.41. The van der Waals surface area contributed by atoms with Crippen molar-refractivity contribution in [3.63, 3.8) is 0 Å². The van der Waals surface area contributed by atoms with Crippen LogP contribution in [0.3, 0.4) is 0 Å². The molecule has 0 spiro atoms. The van der Waals surface area contributed by atoms with Crippen LogP contribution in [0.25, 0.3) is 0 Å². The fraction of sp³-hybridized carbons (Fsp3) is 0.150. The van der Waals surface area contributed by atoms with Gasteiger partial charge in [0.2, 0.25) is 0 Å². The number of nitrogens with one attached hydrogen (secondary N) is 1. The maximum Gasteiger partial charge on any atom is 0.416 e. The number of pyridine rings is 1. The molecular weight excluding hydrogens is 413 g/mol. The summed E-state index contributed by atoms with van der Waals surface area (Å²) in [4.78, 5) is 30.9. The third-order valence-electron chi connectivity index (χ3n) is 4.71. The van der Waals surface area contributed by atoms with Crippen molar-refractivity contribution in [3.05, 3.63) is 71.3 Å². The zero-order valence-corrected chi connectivity index (χ0v) is 15.7. The van der Waals surface area contributed by atoms with Gasteiger partial charge in [0.1, 0.15) is 17.5 Å². The molecule has 0 aliphatic carbocycles. The Bertz CT molecular complexity index is 1210. The summed E-state index contributed by atoms with van der Waals surface area (Å²) >= 11 is 0. The normalized spacial score (nSPS) is 13.5. The van der Waals surface area contributed by atoms with Crippen LogP contribution < -0.4 is 10.2 Å². The largest absolute Gasteiger partial charge is 0.416 e. The van der Waals surface area contributed by atoms with Crippen molar-refractivity contribution in [2.75, 3.05) is 16.8 Å². The number of alkyl halides is 3. The van der Waals surface area contributed by atoms with Crippen molar-refractivity contribution in [1.82, 2.24) is 14.8 Å². The molecule has 1 N–H and O–H groups in total. The number of hydrogen-bond acceptors (Lipinski definition) is 5. The molecule has 0 fully saturated rings. The molecule has 1 aliphatic rings. The molecule has 0 bridgehead atoms. The van der Waals surface area contributed by atoms with Crippen LogP contribution in [0.15, 0.2) is 48.8 Å². The van der Waals surface area contributed by atoms with E-state index >= 15 is 0 Å². The van der Waals surface area contributed by atoms with Gasteiger partial charge in [-0.2, -0.15) is 23.5 Å². The molecule has 156 valence electrons. The van der Waals surface area contributed by atoms with Crippen LogP contribution >= 0.6 is 0 Å². The number of hydrogen-bond donors (Lipinski definition) is 1. The fourth-order valence-electron chi connectivity index (χ4n) is 3.22. The Morgan fingerprint density at radius 1 is 1.16 bits per heavy atom. The minimum atomic E-state index is -4.48. The van der Waals surface area contributed by atoms with Gasteiger partial charge in [0.15, 0.2) is 0 Å². The van der Waals surface area contributed by atoms with Crippen molar-refractivity contribution in [1.29, 1.82) is 5.26 Å². The van der Waals surface area contributed by atoms with Gasteiger partial charge < -0.3 is 10.2 Å². The van der Waals surface area contributed by atoms with Crippen molar-refractivity contribution >= 4 is 23.2 Å². The molecule has 1 aromatic carbocycles. The highest BCUT2D eigenvalue weighted by molar-refractivity contribution is 6.15. The number of carbonyl (C=O) groups excluding carboxylic acids is 2. The topological polar surface area (TPSA) is 104 Å². The Morgan fingerprint density at radius 3 is 2.58 bits per heavy atom. The SMILES string of the molecule is N#Cc1cc(NC(=O)c2cnn3c2C(=O)N(c2ccc(C(F)(F)F)cc2)CC3)ccn1. The van der Waals surface area contributed by atoms with E-state index in [0.29, 0.717) is 5.69 Å². The zero-order valence-electron chi connectivity index (χ0n) is 15.7. The average molecular weight is 426 g/mol. The van der Waals surface area contributed by atoms with Gasteiger partial charge in [-0.3, -0.25) is 14.3 Å². The highest BCUT2D eigenvalue weighted by Gasteiger charge is 2.33. The van der Waals surface area contributed by atoms with Crippen LogP contribution in [0.1, 0.15) is 32.1 Å². The highest BCUT2D eigenvalue weighted by Crippen LogP contribution is 2.31. The molecule has 2 aromatic heterocycles. The number of carbonyl (C=O) groups is 2. The number of rotatable bonds is 3. The fourth-order valence-corrected chi connectivity index (χ4v) is 3.22. The maximum absolute atomic E-state index is 13.0. The minimum Gasteiger partial charge on any atom is -0.322 e. The van der Waals surface area contributed by atoms with E-state index in [-0.39, 0.29) is 35.7 Å². The van der Waals surface area contributed by atoms with Crippen molar-refractivity contribution in [2.24, 2.45) is 0 Å². The number of amides is 2. The van der Waals surface area contributed by atoms with Gasteiger partial charge >= 0.3 is 6.18 Å². The van der Waals surface area contributed by atoms with Crippen LogP contribution in [-0.4, -0.2) is 33.1 Å². The Balaban J connectivity index is 1.60. The van der Waals surface area contributed by atoms with Crippen molar-refractivity contribution in [2.45, 2.75) is 12.7 Å². The number of aromatic nitrogens is 3. The summed E-state index contributed by atoms with van der Waals surface area (Å²) in [6.45, 7) is 0.457. The third-order valence-corrected chi connectivity index (χ3v) is 4.71. The van der Waals surface area contributed by atoms with Crippen molar-refractivity contribution in [3.8, 4) is 6.07 Å². The van der Waals surface area contributed by atoms with Gasteiger partial charge in [-0.25, -0.2) is 4.98 Å². The number of halogens is 3. The third kappa shape index (κ3) is 3.83. The Labute approximate surface area is 173 Å². The maximum atomic E-state index is 13.0. The average Bonchev–Trinajstić information content (AvgIpc) is 3.19. The van der Waals surface area contributed by atoms with Crippen LogP contribution in [0.2, 0.25) is 0 Å². The minimum absolute atomic E-state index is 0.0110. The van der Waals surface area contributed by atoms with Gasteiger partial charge in [-0.1, -0.05) is 0 Å². The van der Waals surface area contributed by atoms with Gasteiger partial charge in [0.05, 0.1) is 23.9 Å². The summed E-state index contributed by atoms with van der Waals surface area (Å²) in [5.74, 6) is -1.17. The first-order valence-electron chi connectivity index (χ1n) is 9.00. The Morgan fingerprint density at radius 2 is 1.90 bits per heavy atom. The lowest BCUT2D eigenvalue weighted by molar-refractivity contribution is -0.137. The molecular formula is C20H13F3N6O2. The Hall–Kier alpha value is -4.20. The van der Waals surface area contributed by atoms with Crippen LogP contribution in [-0.2, 0) is 12.7 Å². The number of benzene rings is 1. The van der Waals surface area contributed by atoms with Crippen LogP contribution in [0.5, 0.6) is 0 Å². The molecule has 0 saturated carbocycles. The molecule has 0 atom stereocenters. The molecule has 3 aromatic rings. The summed E-state index contributed by atoms with van der Waals surface area (Å²) in [6.07, 6.45) is -1.86. The number of nitrogens with zero attached hydrogens (tertiary/aromatic N) is 5. The molecule has 4 rings (SSSR count). The van der Waals surface area contributed by atoms with E-state index in [0.717, 1.165) is 12.1 Å². The number of fused-ring (bicyclic) bond motifs is 1. The quantitative estimate of drug-likeness (QED) is 0.693. The first-order valence-corrected chi connectivity index (χ1v) is 9.00. The second-order valence-electron chi connectivity index (χ2n) is 6.63. The molecule has 0 saturated heterocycles. The van der Waals surface area contributed by atoms with E-state index in [1.54, 1.807) is 0 Å². The van der Waals surface area contributed by atoms with E-state index in [9.17, 15) is 22.8 Å². The van der Waals surface area contributed by atoms with Gasteiger partial charge in [0.25, 0.3) is 11.8 Å². The zero-order chi connectivity index (χ0) is 22.2. The van der Waals surface area contributed by atoms with E-state index < -0.39 is 23.6 Å². The first-order chi connectivity index (χ1) is 14.8. The summed E-state index contributed by atoms with van der Waals surface area (Å²) in [5.41, 5.74) is -0.0709. The molecule has 8 nitrogen and oxygen atoms in total. The molecule has 0 unspecified atom stereocenters. The summed E-state index contributed by atoms with van der Waals surface area (Å²) in [5, 5.41) is 15.6. The van der Waals surface area contributed by atoms with Gasteiger partial charge in [-0.15, -0.1) is 0 Å². The van der Waals surface area contributed by atoms with E-state index in [4.69, 9.17) is 5.26 Å². The van der Waals surface area contributed by atoms with Gasteiger partial charge in [-0.05, 0) is 36.4 Å². The lowest BCUT2D eigenvalue weighted by atomic mass is 10.1. The highest BCUT2D eigenvalue weighted by atomic mass is 19.4. The molecule has 1 aliphatic heterocycles.